The molecule has 0 atom stereocenters. The van der Waals surface area contributed by atoms with Gasteiger partial charge in [-0.2, -0.15) is 0 Å². The maximum absolute atomic E-state index is 12.4. The van der Waals surface area contributed by atoms with E-state index >= 15 is 0 Å². The van der Waals surface area contributed by atoms with Crippen LogP contribution in [0.15, 0.2) is 59.9 Å². The fourth-order valence-corrected chi connectivity index (χ4v) is 1.58. The first kappa shape index (κ1) is 22.5. The smallest absolute Gasteiger partial charge is 0.331 e. The first-order valence-electron chi connectivity index (χ1n) is 8.32. The van der Waals surface area contributed by atoms with Crippen molar-refractivity contribution in [3.63, 3.8) is 0 Å². The summed E-state index contributed by atoms with van der Waals surface area (Å²) in [6, 6.07) is 10.7. The van der Waals surface area contributed by atoms with Crippen molar-refractivity contribution >= 4 is 5.97 Å². The lowest BCUT2D eigenvalue weighted by Gasteiger charge is -1.92. The second kappa shape index (κ2) is 12.9. The number of nitrogens with zero attached hydrogens (tertiary/aromatic N) is 1. The van der Waals surface area contributed by atoms with Crippen LogP contribution in [0.1, 0.15) is 45.7 Å². The monoisotopic (exact) mass is 345 g/mol. The summed E-state index contributed by atoms with van der Waals surface area (Å²) in [5.41, 5.74) is 3.64. The van der Waals surface area contributed by atoms with E-state index in [1.165, 1.54) is 11.6 Å². The fourth-order valence-electron chi connectivity index (χ4n) is 1.58. The van der Waals surface area contributed by atoms with Crippen molar-refractivity contribution in [3.8, 4) is 0 Å². The zero-order valence-electron chi connectivity index (χ0n) is 15.7. The van der Waals surface area contributed by atoms with Crippen molar-refractivity contribution in [2.45, 2.75) is 47.5 Å². The fraction of sp³-hybridized carbons (Fsp3) is 0.333. The molecule has 136 valence electrons. The van der Waals surface area contributed by atoms with Crippen LogP contribution in [0.3, 0.4) is 0 Å². The predicted molar refractivity (Wildman–Crippen MR) is 101 cm³/mol. The topological polar surface area (TPSA) is 50.2 Å². The lowest BCUT2D eigenvalue weighted by atomic mass is 10.2. The Bertz CT molecular complexity index is 663. The second-order valence-electron chi connectivity index (χ2n) is 5.63. The third kappa shape index (κ3) is 10.8. The van der Waals surface area contributed by atoms with Gasteiger partial charge in [0.15, 0.2) is 0 Å². The van der Waals surface area contributed by atoms with Gasteiger partial charge in [-0.15, -0.1) is 0 Å². The molecule has 25 heavy (non-hydrogen) atoms. The summed E-state index contributed by atoms with van der Waals surface area (Å²) in [6.07, 6.45) is 5.66. The molecule has 0 aliphatic heterocycles. The zero-order valence-corrected chi connectivity index (χ0v) is 15.7. The molecule has 3 nitrogen and oxygen atoms in total. The maximum Gasteiger partial charge on any atom is 0.331 e. The molecule has 0 aliphatic rings. The molecular weight excluding hydrogens is 317 g/mol. The van der Waals surface area contributed by atoms with Gasteiger partial charge in [0.25, 0.3) is 0 Å². The molecule has 2 rings (SSSR count). The van der Waals surface area contributed by atoms with Gasteiger partial charge < -0.3 is 5.11 Å². The summed E-state index contributed by atoms with van der Waals surface area (Å²) >= 11 is 0. The molecule has 0 bridgehead atoms. The molecular formula is C21H28FNO2. The van der Waals surface area contributed by atoms with Crippen LogP contribution in [0, 0.1) is 5.82 Å². The van der Waals surface area contributed by atoms with E-state index in [2.05, 4.69) is 18.0 Å². The van der Waals surface area contributed by atoms with Crippen molar-refractivity contribution in [2.75, 3.05) is 0 Å². The molecule has 0 aliphatic carbocycles. The number of aliphatic carboxylic acids is 1. The van der Waals surface area contributed by atoms with Gasteiger partial charge in [-0.05, 0) is 62.9 Å². The molecule has 1 N–H and O–H groups in total. The van der Waals surface area contributed by atoms with Crippen LogP contribution in [0.5, 0.6) is 0 Å². The average molecular weight is 345 g/mol. The molecule has 0 radical (unpaired) electrons. The predicted octanol–water partition coefficient (Wildman–Crippen LogP) is 5.46. The van der Waals surface area contributed by atoms with Crippen molar-refractivity contribution in [2.24, 2.45) is 0 Å². The van der Waals surface area contributed by atoms with Crippen molar-refractivity contribution in [3.05, 3.63) is 76.9 Å². The van der Waals surface area contributed by atoms with Crippen LogP contribution in [0.4, 0.5) is 4.39 Å². The van der Waals surface area contributed by atoms with Crippen molar-refractivity contribution in [1.82, 2.24) is 4.98 Å². The number of carboxylic acids is 1. The minimum absolute atomic E-state index is 0.144. The first-order valence-corrected chi connectivity index (χ1v) is 8.32. The Labute approximate surface area is 150 Å². The summed E-state index contributed by atoms with van der Waals surface area (Å²) < 4.78 is 12.4. The molecule has 1 aromatic heterocycles. The number of hydrogen-bond acceptors (Lipinski definition) is 2. The minimum atomic E-state index is -0.829. The third-order valence-electron chi connectivity index (χ3n) is 3.50. The number of aryl methyl sites for hydroxylation is 2. The van der Waals surface area contributed by atoms with E-state index in [-0.39, 0.29) is 5.82 Å². The van der Waals surface area contributed by atoms with Crippen LogP contribution >= 0.6 is 0 Å². The zero-order chi connectivity index (χ0) is 19.2. The SMILES string of the molecule is CC(C)=C(C)C(=O)O.CCc1cccc(F)c1.CCc1cccnc1. The summed E-state index contributed by atoms with van der Waals surface area (Å²) in [6.45, 7) is 9.29. The number of aromatic nitrogens is 1. The van der Waals surface area contributed by atoms with Gasteiger partial charge in [0, 0.05) is 18.0 Å². The highest BCUT2D eigenvalue weighted by atomic mass is 19.1. The minimum Gasteiger partial charge on any atom is -0.478 e. The Morgan fingerprint density at radius 3 is 1.92 bits per heavy atom. The van der Waals surface area contributed by atoms with Gasteiger partial charge in [0.1, 0.15) is 5.82 Å². The van der Waals surface area contributed by atoms with Crippen LogP contribution in [-0.2, 0) is 17.6 Å². The molecule has 0 saturated heterocycles. The van der Waals surface area contributed by atoms with Crippen molar-refractivity contribution in [1.29, 1.82) is 0 Å². The molecule has 0 amide bonds. The number of halogens is 1. The number of hydrogen-bond donors (Lipinski definition) is 1. The van der Waals surface area contributed by atoms with Gasteiger partial charge >= 0.3 is 5.97 Å². The van der Waals surface area contributed by atoms with Gasteiger partial charge in [-0.1, -0.05) is 37.6 Å². The highest BCUT2D eigenvalue weighted by Crippen LogP contribution is 2.02. The highest BCUT2D eigenvalue weighted by Gasteiger charge is 1.99. The Kier molecular flexibility index (Phi) is 11.6. The summed E-state index contributed by atoms with van der Waals surface area (Å²) in [4.78, 5) is 14.0. The Balaban J connectivity index is 0.000000347. The van der Waals surface area contributed by atoms with E-state index in [4.69, 9.17) is 5.11 Å². The van der Waals surface area contributed by atoms with Gasteiger partial charge in [-0.3, -0.25) is 4.98 Å². The molecule has 0 saturated carbocycles. The standard InChI is InChI=1S/C8H9F.C7H9N.C6H10O2/c1-2-7-4-3-5-8(9)6-7;1-2-7-4-3-5-8-6-7;1-4(2)5(3)6(7)8/h3-6H,2H2,1H3;3-6H,2H2,1H3;1-3H3,(H,7,8). The Hall–Kier alpha value is -2.49. The summed E-state index contributed by atoms with van der Waals surface area (Å²) in [5.74, 6) is -0.973. The van der Waals surface area contributed by atoms with Crippen LogP contribution < -0.4 is 0 Å². The van der Waals surface area contributed by atoms with E-state index in [0.717, 1.165) is 24.0 Å². The number of rotatable bonds is 3. The van der Waals surface area contributed by atoms with E-state index in [1.807, 2.05) is 25.3 Å². The second-order valence-corrected chi connectivity index (χ2v) is 5.63. The number of carbonyl (C=O) groups is 1. The number of allylic oxidation sites excluding steroid dienone is 1. The summed E-state index contributed by atoms with van der Waals surface area (Å²) in [5, 5.41) is 8.29. The quantitative estimate of drug-likeness (QED) is 0.752. The van der Waals surface area contributed by atoms with E-state index in [9.17, 15) is 9.18 Å². The molecule has 0 spiro atoms. The highest BCUT2D eigenvalue weighted by molar-refractivity contribution is 5.86. The van der Waals surface area contributed by atoms with Crippen LogP contribution in [0.2, 0.25) is 0 Å². The van der Waals surface area contributed by atoms with Crippen LogP contribution in [-0.4, -0.2) is 16.1 Å². The molecule has 0 unspecified atom stereocenters. The van der Waals surface area contributed by atoms with Gasteiger partial charge in [0.2, 0.25) is 0 Å². The number of benzene rings is 1. The van der Waals surface area contributed by atoms with E-state index in [1.54, 1.807) is 39.1 Å². The first-order chi connectivity index (χ1) is 11.8. The lowest BCUT2D eigenvalue weighted by Crippen LogP contribution is -1.97. The molecule has 2 aromatic rings. The third-order valence-corrected chi connectivity index (χ3v) is 3.50. The normalized spacial score (nSPS) is 9.04. The number of carboxylic acid groups (broad SMARTS) is 1. The maximum atomic E-state index is 12.4. The summed E-state index contributed by atoms with van der Waals surface area (Å²) in [7, 11) is 0. The van der Waals surface area contributed by atoms with Crippen LogP contribution in [0.25, 0.3) is 0 Å². The van der Waals surface area contributed by atoms with E-state index < -0.39 is 5.97 Å². The largest absolute Gasteiger partial charge is 0.478 e. The Morgan fingerprint density at radius 2 is 1.64 bits per heavy atom. The average Bonchev–Trinajstić information content (AvgIpc) is 2.62. The molecule has 4 heteroatoms. The van der Waals surface area contributed by atoms with Crippen molar-refractivity contribution < 1.29 is 14.3 Å². The molecule has 1 heterocycles. The Morgan fingerprint density at radius 1 is 1.04 bits per heavy atom. The lowest BCUT2D eigenvalue weighted by molar-refractivity contribution is -0.132. The number of pyridine rings is 1. The molecule has 0 fully saturated rings. The van der Waals surface area contributed by atoms with E-state index in [0.29, 0.717) is 5.57 Å². The van der Waals surface area contributed by atoms with Gasteiger partial charge in [0.05, 0.1) is 0 Å². The van der Waals surface area contributed by atoms with Gasteiger partial charge in [-0.25, -0.2) is 9.18 Å². The molecule has 1 aromatic carbocycles.